The molecule has 2 aromatic carbocycles. The Kier molecular flexibility index (Phi) is 4.78. The predicted octanol–water partition coefficient (Wildman–Crippen LogP) is 1.79. The van der Waals surface area contributed by atoms with Crippen molar-refractivity contribution in [2.24, 2.45) is 0 Å². The molecule has 0 aromatic heterocycles. The van der Waals surface area contributed by atoms with Gasteiger partial charge in [-0.25, -0.2) is 0 Å². The van der Waals surface area contributed by atoms with Gasteiger partial charge >= 0.3 is 0 Å². The van der Waals surface area contributed by atoms with Gasteiger partial charge in [0.25, 0.3) is 11.8 Å². The van der Waals surface area contributed by atoms with E-state index in [0.29, 0.717) is 23.3 Å². The summed E-state index contributed by atoms with van der Waals surface area (Å²) >= 11 is 0. The third kappa shape index (κ3) is 3.52. The average molecular weight is 336 g/mol. The molecular weight excluding hydrogens is 320 g/mol. The van der Waals surface area contributed by atoms with Crippen LogP contribution in [-0.4, -0.2) is 41.1 Å². The van der Waals surface area contributed by atoms with Crippen molar-refractivity contribution in [1.82, 2.24) is 4.90 Å². The number of fused-ring (bicyclic) bond motifs is 1. The van der Waals surface area contributed by atoms with E-state index in [1.165, 1.54) is 0 Å². The molecule has 2 amide bonds. The molecule has 0 spiro atoms. The minimum atomic E-state index is -0.999. The number of β-amino-alcohol motifs (C(OH)–C–C–N with tert-alkyl or cyclic N) is 1. The van der Waals surface area contributed by atoms with Gasteiger partial charge in [-0.05, 0) is 29.8 Å². The molecule has 0 saturated carbocycles. The summed E-state index contributed by atoms with van der Waals surface area (Å²) in [6.45, 7) is -0.177. The zero-order valence-corrected chi connectivity index (χ0v) is 13.4. The van der Waals surface area contributed by atoms with E-state index in [0.717, 1.165) is 10.5 Å². The Hall–Kier alpha value is -3.17. The van der Waals surface area contributed by atoms with Gasteiger partial charge in [0.2, 0.25) is 0 Å². The van der Waals surface area contributed by atoms with Crippen LogP contribution in [0.25, 0.3) is 0 Å². The number of aliphatic hydroxyl groups is 1. The van der Waals surface area contributed by atoms with Crippen LogP contribution in [0.4, 0.5) is 0 Å². The van der Waals surface area contributed by atoms with Gasteiger partial charge < -0.3 is 9.84 Å². The normalized spacial score (nSPS) is 14.2. The first kappa shape index (κ1) is 16.7. The number of hydrogen-bond acceptors (Lipinski definition) is 5. The van der Waals surface area contributed by atoms with Gasteiger partial charge in [-0.3, -0.25) is 14.5 Å². The van der Waals surface area contributed by atoms with E-state index in [9.17, 15) is 14.7 Å². The first-order valence-electron chi connectivity index (χ1n) is 7.82. The maximum absolute atomic E-state index is 12.2. The molecule has 2 aromatic rings. The van der Waals surface area contributed by atoms with Crippen LogP contribution in [0.2, 0.25) is 0 Å². The summed E-state index contributed by atoms with van der Waals surface area (Å²) in [7, 11) is 0. The SMILES string of the molecule is N#CCc1ccc(OC[C@@H](O)CN2C(=O)c3ccccc3C2=O)cc1. The van der Waals surface area contributed by atoms with Crippen molar-refractivity contribution in [2.75, 3.05) is 13.2 Å². The Morgan fingerprint density at radius 1 is 1.04 bits per heavy atom. The van der Waals surface area contributed by atoms with Gasteiger partial charge in [0.15, 0.2) is 0 Å². The molecule has 25 heavy (non-hydrogen) atoms. The monoisotopic (exact) mass is 336 g/mol. The fraction of sp³-hybridized carbons (Fsp3) is 0.211. The zero-order valence-electron chi connectivity index (χ0n) is 13.4. The van der Waals surface area contributed by atoms with Gasteiger partial charge in [0, 0.05) is 0 Å². The Labute approximate surface area is 144 Å². The van der Waals surface area contributed by atoms with Crippen molar-refractivity contribution in [3.05, 3.63) is 65.2 Å². The van der Waals surface area contributed by atoms with Crippen molar-refractivity contribution in [3.8, 4) is 11.8 Å². The molecule has 0 bridgehead atoms. The average Bonchev–Trinajstić information content (AvgIpc) is 2.87. The molecule has 1 aliphatic rings. The molecule has 0 unspecified atom stereocenters. The molecular formula is C19H16N2O4. The third-order valence-electron chi connectivity index (χ3n) is 3.92. The molecule has 0 radical (unpaired) electrons. The topological polar surface area (TPSA) is 90.6 Å². The second-order valence-electron chi connectivity index (χ2n) is 5.71. The highest BCUT2D eigenvalue weighted by Gasteiger charge is 2.36. The minimum absolute atomic E-state index is 0.0506. The highest BCUT2D eigenvalue weighted by Crippen LogP contribution is 2.22. The van der Waals surface area contributed by atoms with Crippen LogP contribution < -0.4 is 4.74 Å². The van der Waals surface area contributed by atoms with Crippen molar-refractivity contribution < 1.29 is 19.4 Å². The molecule has 126 valence electrons. The molecule has 0 saturated heterocycles. The van der Waals surface area contributed by atoms with Gasteiger partial charge in [-0.1, -0.05) is 24.3 Å². The van der Waals surface area contributed by atoms with E-state index in [-0.39, 0.29) is 13.2 Å². The van der Waals surface area contributed by atoms with E-state index in [4.69, 9.17) is 10.00 Å². The maximum Gasteiger partial charge on any atom is 0.261 e. The van der Waals surface area contributed by atoms with Crippen molar-refractivity contribution in [3.63, 3.8) is 0 Å². The lowest BCUT2D eigenvalue weighted by molar-refractivity contribution is 0.0457. The number of carbonyl (C=O) groups excluding carboxylic acids is 2. The lowest BCUT2D eigenvalue weighted by Crippen LogP contribution is -2.39. The van der Waals surface area contributed by atoms with Crippen molar-refractivity contribution in [2.45, 2.75) is 12.5 Å². The number of benzene rings is 2. The van der Waals surface area contributed by atoms with Gasteiger partial charge in [-0.2, -0.15) is 5.26 Å². The molecule has 1 aliphatic heterocycles. The summed E-state index contributed by atoms with van der Waals surface area (Å²) in [5.74, 6) is -0.260. The van der Waals surface area contributed by atoms with Crippen LogP contribution in [0.1, 0.15) is 26.3 Å². The van der Waals surface area contributed by atoms with Gasteiger partial charge in [-0.15, -0.1) is 0 Å². The van der Waals surface area contributed by atoms with Crippen LogP contribution in [0.15, 0.2) is 48.5 Å². The number of nitrogens with zero attached hydrogens (tertiary/aromatic N) is 2. The summed E-state index contributed by atoms with van der Waals surface area (Å²) < 4.78 is 5.48. The Balaban J connectivity index is 1.57. The fourth-order valence-corrected chi connectivity index (χ4v) is 2.66. The highest BCUT2D eigenvalue weighted by atomic mass is 16.5. The number of rotatable bonds is 6. The summed E-state index contributed by atoms with van der Waals surface area (Å²) in [6.07, 6.45) is -0.677. The van der Waals surface area contributed by atoms with Crippen LogP contribution in [-0.2, 0) is 6.42 Å². The number of imide groups is 1. The Morgan fingerprint density at radius 2 is 1.64 bits per heavy atom. The lowest BCUT2D eigenvalue weighted by atomic mass is 10.1. The third-order valence-corrected chi connectivity index (χ3v) is 3.92. The summed E-state index contributed by atoms with van der Waals surface area (Å²) in [6, 6.07) is 15.6. The molecule has 6 heteroatoms. The molecule has 6 nitrogen and oxygen atoms in total. The molecule has 0 fully saturated rings. The number of nitriles is 1. The summed E-state index contributed by atoms with van der Waals surface area (Å²) in [4.78, 5) is 25.5. The quantitative estimate of drug-likeness (QED) is 0.812. The number of hydrogen-bond donors (Lipinski definition) is 1. The molecule has 3 rings (SSSR count). The second kappa shape index (κ2) is 7.16. The molecule has 1 N–H and O–H groups in total. The summed E-state index contributed by atoms with van der Waals surface area (Å²) in [5, 5.41) is 18.7. The van der Waals surface area contributed by atoms with Crippen molar-refractivity contribution in [1.29, 1.82) is 5.26 Å². The number of ether oxygens (including phenoxy) is 1. The zero-order chi connectivity index (χ0) is 17.8. The fourth-order valence-electron chi connectivity index (χ4n) is 2.66. The minimum Gasteiger partial charge on any atom is -0.491 e. The first-order valence-corrected chi connectivity index (χ1v) is 7.82. The van der Waals surface area contributed by atoms with Crippen LogP contribution >= 0.6 is 0 Å². The largest absolute Gasteiger partial charge is 0.491 e. The van der Waals surface area contributed by atoms with Gasteiger partial charge in [0.1, 0.15) is 18.5 Å². The van der Waals surface area contributed by atoms with Crippen LogP contribution in [0, 0.1) is 11.3 Å². The van der Waals surface area contributed by atoms with E-state index in [1.54, 1.807) is 48.5 Å². The number of carbonyl (C=O) groups is 2. The maximum atomic E-state index is 12.2. The molecule has 1 atom stereocenters. The van der Waals surface area contributed by atoms with E-state index < -0.39 is 17.9 Å². The highest BCUT2D eigenvalue weighted by molar-refractivity contribution is 6.21. The van der Waals surface area contributed by atoms with Gasteiger partial charge in [0.05, 0.1) is 30.2 Å². The van der Waals surface area contributed by atoms with E-state index in [2.05, 4.69) is 6.07 Å². The van der Waals surface area contributed by atoms with E-state index >= 15 is 0 Å². The van der Waals surface area contributed by atoms with E-state index in [1.807, 2.05) is 0 Å². The standard InChI is InChI=1S/C19H16N2O4/c20-10-9-13-5-7-15(8-6-13)25-12-14(22)11-21-18(23)16-3-1-2-4-17(16)19(21)24/h1-8,14,22H,9,11-12H2/t14-/m0/s1. The molecule has 0 aliphatic carbocycles. The first-order chi connectivity index (χ1) is 12.1. The second-order valence-corrected chi connectivity index (χ2v) is 5.71. The van der Waals surface area contributed by atoms with Crippen molar-refractivity contribution >= 4 is 11.8 Å². The Bertz CT molecular complexity index is 804. The smallest absolute Gasteiger partial charge is 0.261 e. The Morgan fingerprint density at radius 3 is 2.20 bits per heavy atom. The lowest BCUT2D eigenvalue weighted by Gasteiger charge is -2.19. The van der Waals surface area contributed by atoms with Crippen LogP contribution in [0.3, 0.4) is 0 Å². The predicted molar refractivity (Wildman–Crippen MR) is 89.1 cm³/mol. The summed E-state index contributed by atoms with van der Waals surface area (Å²) in [5.41, 5.74) is 1.59. The van der Waals surface area contributed by atoms with Crippen LogP contribution in [0.5, 0.6) is 5.75 Å². The number of aliphatic hydroxyl groups excluding tert-OH is 1. The molecule has 1 heterocycles. The number of amides is 2.